The number of carbonyl (C=O) groups is 1. The van der Waals surface area contributed by atoms with Gasteiger partial charge in [-0.3, -0.25) is 4.79 Å². The van der Waals surface area contributed by atoms with Crippen molar-refractivity contribution in [1.82, 2.24) is 5.32 Å². The van der Waals surface area contributed by atoms with Gasteiger partial charge in [0.15, 0.2) is 0 Å². The maximum atomic E-state index is 11.5. The predicted octanol–water partition coefficient (Wildman–Crippen LogP) is 2.84. The summed E-state index contributed by atoms with van der Waals surface area (Å²) in [4.78, 5) is 11.5. The van der Waals surface area contributed by atoms with Gasteiger partial charge < -0.3 is 10.6 Å². The molecule has 0 heterocycles. The summed E-state index contributed by atoms with van der Waals surface area (Å²) in [5.41, 5.74) is 4.40. The molecule has 0 atom stereocenters. The summed E-state index contributed by atoms with van der Waals surface area (Å²) in [6.45, 7) is 2.64. The second kappa shape index (κ2) is 6.58. The van der Waals surface area contributed by atoms with Crippen LogP contribution in [-0.4, -0.2) is 13.0 Å². The number of rotatable bonds is 4. The van der Waals surface area contributed by atoms with E-state index in [9.17, 15) is 4.79 Å². The molecule has 0 unspecified atom stereocenters. The van der Waals surface area contributed by atoms with E-state index in [2.05, 4.69) is 16.7 Å². The van der Waals surface area contributed by atoms with Gasteiger partial charge in [0.25, 0.3) is 5.91 Å². The molecule has 2 aromatic rings. The van der Waals surface area contributed by atoms with Crippen LogP contribution in [0.3, 0.4) is 0 Å². The maximum absolute atomic E-state index is 11.5. The van der Waals surface area contributed by atoms with Crippen LogP contribution >= 0.6 is 0 Å². The molecule has 21 heavy (non-hydrogen) atoms. The fourth-order valence-corrected chi connectivity index (χ4v) is 2.00. The predicted molar refractivity (Wildman–Crippen MR) is 83.1 cm³/mol. The first-order chi connectivity index (χ1) is 10.1. The zero-order valence-electron chi connectivity index (χ0n) is 12.1. The van der Waals surface area contributed by atoms with Crippen molar-refractivity contribution >= 4 is 11.6 Å². The monoisotopic (exact) mass is 279 g/mol. The summed E-state index contributed by atoms with van der Waals surface area (Å²) in [6.07, 6.45) is 0. The number of carbonyl (C=O) groups excluding carboxylic acids is 1. The number of nitrogens with zero attached hydrogens (tertiary/aromatic N) is 1. The maximum Gasteiger partial charge on any atom is 0.251 e. The van der Waals surface area contributed by atoms with E-state index < -0.39 is 0 Å². The molecule has 0 radical (unpaired) electrons. The molecule has 0 bridgehead atoms. The Morgan fingerprint density at radius 2 is 1.90 bits per heavy atom. The number of benzene rings is 2. The third-order valence-corrected chi connectivity index (χ3v) is 3.29. The van der Waals surface area contributed by atoms with Gasteiger partial charge >= 0.3 is 0 Å². The van der Waals surface area contributed by atoms with Gasteiger partial charge in [0, 0.05) is 24.8 Å². The standard InChI is InChI=1S/C17H17N3O/c1-12-3-4-14(10-18)9-16(12)20-11-13-5-7-15(8-6-13)17(21)19-2/h3-9,20H,11H2,1-2H3,(H,19,21). The topological polar surface area (TPSA) is 64.9 Å². The van der Waals surface area contributed by atoms with Crippen molar-refractivity contribution in [2.24, 2.45) is 0 Å². The van der Waals surface area contributed by atoms with E-state index in [0.717, 1.165) is 16.8 Å². The SMILES string of the molecule is CNC(=O)c1ccc(CNc2cc(C#N)ccc2C)cc1. The van der Waals surface area contributed by atoms with Gasteiger partial charge in [-0.2, -0.15) is 5.26 Å². The fourth-order valence-electron chi connectivity index (χ4n) is 2.00. The number of nitriles is 1. The molecule has 0 aliphatic carbocycles. The van der Waals surface area contributed by atoms with Gasteiger partial charge in [0.2, 0.25) is 0 Å². The molecule has 2 rings (SSSR count). The molecule has 4 heteroatoms. The Labute approximate surface area is 124 Å². The summed E-state index contributed by atoms with van der Waals surface area (Å²) in [6, 6.07) is 15.1. The fraction of sp³-hybridized carbons (Fsp3) is 0.176. The van der Waals surface area contributed by atoms with Crippen LogP contribution in [-0.2, 0) is 6.54 Å². The van der Waals surface area contributed by atoms with Crippen molar-refractivity contribution in [3.63, 3.8) is 0 Å². The average molecular weight is 279 g/mol. The Balaban J connectivity index is 2.06. The molecule has 2 aromatic carbocycles. The zero-order chi connectivity index (χ0) is 15.2. The van der Waals surface area contributed by atoms with Gasteiger partial charge in [-0.25, -0.2) is 0 Å². The quantitative estimate of drug-likeness (QED) is 0.904. The highest BCUT2D eigenvalue weighted by molar-refractivity contribution is 5.93. The molecule has 0 saturated heterocycles. The van der Waals surface area contributed by atoms with E-state index in [1.54, 1.807) is 25.2 Å². The third kappa shape index (κ3) is 3.61. The summed E-state index contributed by atoms with van der Waals surface area (Å²) in [7, 11) is 1.61. The first kappa shape index (κ1) is 14.6. The third-order valence-electron chi connectivity index (χ3n) is 3.29. The minimum atomic E-state index is -0.0907. The number of nitrogens with one attached hydrogen (secondary N) is 2. The zero-order valence-corrected chi connectivity index (χ0v) is 12.1. The van der Waals surface area contributed by atoms with E-state index in [0.29, 0.717) is 17.7 Å². The Morgan fingerprint density at radius 1 is 1.19 bits per heavy atom. The van der Waals surface area contributed by atoms with E-state index in [4.69, 9.17) is 5.26 Å². The lowest BCUT2D eigenvalue weighted by atomic mass is 10.1. The highest BCUT2D eigenvalue weighted by atomic mass is 16.1. The van der Waals surface area contributed by atoms with E-state index in [1.807, 2.05) is 31.2 Å². The number of hydrogen-bond donors (Lipinski definition) is 2. The van der Waals surface area contributed by atoms with Crippen molar-refractivity contribution in [2.75, 3.05) is 12.4 Å². The molecule has 0 saturated carbocycles. The molecule has 0 fully saturated rings. The van der Waals surface area contributed by atoms with E-state index >= 15 is 0 Å². The Kier molecular flexibility index (Phi) is 4.57. The lowest BCUT2D eigenvalue weighted by Gasteiger charge is -2.10. The summed E-state index contributed by atoms with van der Waals surface area (Å²) in [5, 5.41) is 14.8. The van der Waals surface area contributed by atoms with Crippen LogP contribution in [0.5, 0.6) is 0 Å². The van der Waals surface area contributed by atoms with E-state index in [-0.39, 0.29) is 5.91 Å². The largest absolute Gasteiger partial charge is 0.381 e. The molecule has 0 aliphatic heterocycles. The summed E-state index contributed by atoms with van der Waals surface area (Å²) < 4.78 is 0. The van der Waals surface area contributed by atoms with Crippen LogP contribution in [0.2, 0.25) is 0 Å². The molecule has 1 amide bonds. The van der Waals surface area contributed by atoms with Crippen LogP contribution in [0, 0.1) is 18.3 Å². The minimum absolute atomic E-state index is 0.0907. The van der Waals surface area contributed by atoms with Gasteiger partial charge in [0.1, 0.15) is 0 Å². The first-order valence-electron chi connectivity index (χ1n) is 6.69. The van der Waals surface area contributed by atoms with Crippen LogP contribution in [0.4, 0.5) is 5.69 Å². The Morgan fingerprint density at radius 3 is 2.52 bits per heavy atom. The number of hydrogen-bond acceptors (Lipinski definition) is 3. The Bertz CT molecular complexity index is 684. The molecule has 2 N–H and O–H groups in total. The number of aryl methyl sites for hydroxylation is 1. The lowest BCUT2D eigenvalue weighted by molar-refractivity contribution is 0.0963. The normalized spacial score (nSPS) is 9.76. The number of anilines is 1. The van der Waals surface area contributed by atoms with Gasteiger partial charge in [-0.15, -0.1) is 0 Å². The van der Waals surface area contributed by atoms with Crippen LogP contribution < -0.4 is 10.6 Å². The minimum Gasteiger partial charge on any atom is -0.381 e. The molecule has 0 aromatic heterocycles. The van der Waals surface area contributed by atoms with Crippen LogP contribution in [0.25, 0.3) is 0 Å². The highest BCUT2D eigenvalue weighted by Gasteiger charge is 2.03. The lowest BCUT2D eigenvalue weighted by Crippen LogP contribution is -2.17. The number of amides is 1. The molecular weight excluding hydrogens is 262 g/mol. The second-order valence-corrected chi connectivity index (χ2v) is 4.77. The second-order valence-electron chi connectivity index (χ2n) is 4.77. The van der Waals surface area contributed by atoms with Gasteiger partial charge in [-0.1, -0.05) is 18.2 Å². The summed E-state index contributed by atoms with van der Waals surface area (Å²) in [5.74, 6) is -0.0907. The van der Waals surface area contributed by atoms with Gasteiger partial charge in [-0.05, 0) is 42.3 Å². The smallest absolute Gasteiger partial charge is 0.251 e. The molecular formula is C17H17N3O. The molecule has 0 spiro atoms. The first-order valence-corrected chi connectivity index (χ1v) is 6.69. The van der Waals surface area contributed by atoms with Crippen molar-refractivity contribution in [1.29, 1.82) is 5.26 Å². The van der Waals surface area contributed by atoms with Crippen LogP contribution in [0.15, 0.2) is 42.5 Å². The molecule has 106 valence electrons. The van der Waals surface area contributed by atoms with E-state index in [1.165, 1.54) is 0 Å². The summed E-state index contributed by atoms with van der Waals surface area (Å²) >= 11 is 0. The molecule has 4 nitrogen and oxygen atoms in total. The van der Waals surface area contributed by atoms with Crippen molar-refractivity contribution in [3.05, 3.63) is 64.7 Å². The molecule has 0 aliphatic rings. The van der Waals surface area contributed by atoms with Gasteiger partial charge in [0.05, 0.1) is 11.6 Å². The van der Waals surface area contributed by atoms with Crippen molar-refractivity contribution < 1.29 is 4.79 Å². The Hall–Kier alpha value is -2.80. The average Bonchev–Trinajstić information content (AvgIpc) is 2.54. The van der Waals surface area contributed by atoms with Crippen molar-refractivity contribution in [2.45, 2.75) is 13.5 Å². The van der Waals surface area contributed by atoms with Crippen LogP contribution in [0.1, 0.15) is 27.0 Å². The highest BCUT2D eigenvalue weighted by Crippen LogP contribution is 2.17. The van der Waals surface area contributed by atoms with Crippen molar-refractivity contribution in [3.8, 4) is 6.07 Å².